The quantitative estimate of drug-likeness (QED) is 0.645. The molecule has 6 nitrogen and oxygen atoms in total. The van der Waals surface area contributed by atoms with Gasteiger partial charge in [0.05, 0.1) is 19.2 Å². The molecule has 4 atom stereocenters. The minimum Gasteiger partial charge on any atom is -0.497 e. The first kappa shape index (κ1) is 23.2. The molecule has 0 radical (unpaired) electrons. The standard InChI is InChI=1S/C26H33FN2O4/c1-17-12-20(13-26(30)31)29(15-17)19-4-6-21(7-5-19)33-25-10-11-28(16-18(25)2)24-14-22(32-3)8-9-23(24)27/h4-9,14,17-18,20,25H,10-13,15-16H2,1-3H3,(H,30,31)/t17-,18?,20-,25?/m1/s1. The van der Waals surface area contributed by atoms with Crippen molar-refractivity contribution in [1.29, 1.82) is 0 Å². The van der Waals surface area contributed by atoms with Gasteiger partial charge >= 0.3 is 5.97 Å². The Morgan fingerprint density at radius 1 is 1.12 bits per heavy atom. The van der Waals surface area contributed by atoms with Crippen molar-refractivity contribution in [2.75, 3.05) is 36.5 Å². The summed E-state index contributed by atoms with van der Waals surface area (Å²) in [5.41, 5.74) is 1.61. The van der Waals surface area contributed by atoms with Gasteiger partial charge in [-0.25, -0.2) is 4.39 Å². The Morgan fingerprint density at radius 3 is 2.52 bits per heavy atom. The van der Waals surface area contributed by atoms with E-state index in [1.54, 1.807) is 19.2 Å². The summed E-state index contributed by atoms with van der Waals surface area (Å²) in [4.78, 5) is 15.5. The maximum atomic E-state index is 14.4. The van der Waals surface area contributed by atoms with Crippen LogP contribution < -0.4 is 19.3 Å². The second-order valence-electron chi connectivity index (χ2n) is 9.42. The first-order chi connectivity index (χ1) is 15.8. The zero-order valence-corrected chi connectivity index (χ0v) is 19.5. The number of hydrogen-bond donors (Lipinski definition) is 1. The Hall–Kier alpha value is -2.96. The Kier molecular flexibility index (Phi) is 6.96. The molecule has 2 aliphatic rings. The molecule has 0 amide bonds. The summed E-state index contributed by atoms with van der Waals surface area (Å²) in [6.45, 7) is 6.58. The van der Waals surface area contributed by atoms with Gasteiger partial charge in [-0.2, -0.15) is 0 Å². The van der Waals surface area contributed by atoms with Crippen LogP contribution in [-0.2, 0) is 4.79 Å². The molecular formula is C26H33FN2O4. The number of carboxylic acids is 1. The number of halogens is 1. The lowest BCUT2D eigenvalue weighted by Gasteiger charge is -2.38. The number of carboxylic acid groups (broad SMARTS) is 1. The summed E-state index contributed by atoms with van der Waals surface area (Å²) in [5, 5.41) is 9.23. The van der Waals surface area contributed by atoms with Crippen LogP contribution in [0.15, 0.2) is 42.5 Å². The van der Waals surface area contributed by atoms with E-state index in [1.165, 1.54) is 6.07 Å². The average Bonchev–Trinajstić information content (AvgIpc) is 3.15. The number of carbonyl (C=O) groups is 1. The van der Waals surface area contributed by atoms with Crippen molar-refractivity contribution >= 4 is 17.3 Å². The van der Waals surface area contributed by atoms with E-state index in [1.807, 2.05) is 24.3 Å². The molecular weight excluding hydrogens is 423 g/mol. The normalized spacial score (nSPS) is 25.2. The van der Waals surface area contributed by atoms with Gasteiger partial charge in [0.25, 0.3) is 0 Å². The van der Waals surface area contributed by atoms with Crippen molar-refractivity contribution in [3.63, 3.8) is 0 Å². The predicted octanol–water partition coefficient (Wildman–Crippen LogP) is 4.82. The van der Waals surface area contributed by atoms with E-state index in [4.69, 9.17) is 9.47 Å². The summed E-state index contributed by atoms with van der Waals surface area (Å²) < 4.78 is 25.9. The van der Waals surface area contributed by atoms with Crippen LogP contribution in [0.4, 0.5) is 15.8 Å². The number of anilines is 2. The highest BCUT2D eigenvalue weighted by molar-refractivity contribution is 5.69. The van der Waals surface area contributed by atoms with Crippen LogP contribution in [0.1, 0.15) is 33.1 Å². The molecule has 7 heteroatoms. The first-order valence-corrected chi connectivity index (χ1v) is 11.7. The lowest BCUT2D eigenvalue weighted by Crippen LogP contribution is -2.44. The minimum atomic E-state index is -0.756. The lowest BCUT2D eigenvalue weighted by atomic mass is 9.95. The highest BCUT2D eigenvalue weighted by Gasteiger charge is 2.32. The zero-order valence-electron chi connectivity index (χ0n) is 19.5. The van der Waals surface area contributed by atoms with Gasteiger partial charge in [-0.1, -0.05) is 13.8 Å². The van der Waals surface area contributed by atoms with Crippen LogP contribution in [0, 0.1) is 17.7 Å². The molecule has 2 aromatic rings. The number of ether oxygens (including phenoxy) is 2. The predicted molar refractivity (Wildman–Crippen MR) is 127 cm³/mol. The number of benzene rings is 2. The maximum absolute atomic E-state index is 14.4. The molecule has 2 saturated heterocycles. The minimum absolute atomic E-state index is 0.0330. The number of rotatable bonds is 7. The topological polar surface area (TPSA) is 62.2 Å². The average molecular weight is 457 g/mol. The zero-order chi connectivity index (χ0) is 23.5. The van der Waals surface area contributed by atoms with Gasteiger partial charge in [0.1, 0.15) is 23.4 Å². The number of piperidine rings is 1. The van der Waals surface area contributed by atoms with Gasteiger partial charge in [0, 0.05) is 49.8 Å². The summed E-state index contributed by atoms with van der Waals surface area (Å²) in [6.07, 6.45) is 1.90. The van der Waals surface area contributed by atoms with Crippen LogP contribution in [0.2, 0.25) is 0 Å². The third-order valence-corrected chi connectivity index (χ3v) is 6.81. The molecule has 0 bridgehead atoms. The summed E-state index contributed by atoms with van der Waals surface area (Å²) in [5.74, 6) is 1.16. The third-order valence-electron chi connectivity index (χ3n) is 6.81. The van der Waals surface area contributed by atoms with Gasteiger partial charge in [-0.3, -0.25) is 4.79 Å². The molecule has 33 heavy (non-hydrogen) atoms. The van der Waals surface area contributed by atoms with Crippen molar-refractivity contribution in [1.82, 2.24) is 0 Å². The first-order valence-electron chi connectivity index (χ1n) is 11.7. The van der Waals surface area contributed by atoms with Crippen molar-refractivity contribution in [3.8, 4) is 11.5 Å². The van der Waals surface area contributed by atoms with Gasteiger partial charge in [0.15, 0.2) is 0 Å². The molecule has 178 valence electrons. The largest absolute Gasteiger partial charge is 0.497 e. The smallest absolute Gasteiger partial charge is 0.305 e. The fraction of sp³-hybridized carbons (Fsp3) is 0.500. The molecule has 2 heterocycles. The van der Waals surface area contributed by atoms with E-state index in [0.29, 0.717) is 30.4 Å². The van der Waals surface area contributed by atoms with Gasteiger partial charge < -0.3 is 24.4 Å². The van der Waals surface area contributed by atoms with E-state index in [2.05, 4.69) is 23.6 Å². The molecule has 4 rings (SSSR count). The van der Waals surface area contributed by atoms with Crippen LogP contribution in [0.3, 0.4) is 0 Å². The number of methoxy groups -OCH3 is 1. The molecule has 0 saturated carbocycles. The van der Waals surface area contributed by atoms with Crippen molar-refractivity contribution in [2.45, 2.75) is 45.3 Å². The van der Waals surface area contributed by atoms with Gasteiger partial charge in [0.2, 0.25) is 0 Å². The van der Waals surface area contributed by atoms with Crippen LogP contribution in [0.5, 0.6) is 11.5 Å². The molecule has 0 spiro atoms. The van der Waals surface area contributed by atoms with Crippen molar-refractivity contribution < 1.29 is 23.8 Å². The van der Waals surface area contributed by atoms with Crippen molar-refractivity contribution in [2.24, 2.45) is 11.8 Å². The molecule has 2 aliphatic heterocycles. The Labute approximate surface area is 194 Å². The number of hydrogen-bond acceptors (Lipinski definition) is 5. The second-order valence-corrected chi connectivity index (χ2v) is 9.42. The molecule has 0 aromatic heterocycles. The van der Waals surface area contributed by atoms with E-state index < -0.39 is 5.97 Å². The second kappa shape index (κ2) is 9.89. The van der Waals surface area contributed by atoms with E-state index >= 15 is 0 Å². The molecule has 1 N–H and O–H groups in total. The SMILES string of the molecule is COc1ccc(F)c(N2CCC(Oc3ccc(N4C[C@H](C)C[C@@H]4CC(=O)O)cc3)C(C)C2)c1. The highest BCUT2D eigenvalue weighted by atomic mass is 19.1. The number of nitrogens with zero attached hydrogens (tertiary/aromatic N) is 2. The van der Waals surface area contributed by atoms with Crippen LogP contribution in [0.25, 0.3) is 0 Å². The molecule has 0 aliphatic carbocycles. The van der Waals surface area contributed by atoms with E-state index in [-0.39, 0.29) is 30.3 Å². The fourth-order valence-electron chi connectivity index (χ4n) is 5.13. The Balaban J connectivity index is 1.38. The van der Waals surface area contributed by atoms with E-state index in [0.717, 1.165) is 30.8 Å². The number of aliphatic carboxylic acids is 1. The maximum Gasteiger partial charge on any atom is 0.305 e. The summed E-state index contributed by atoms with van der Waals surface area (Å²) in [6, 6.07) is 12.8. The van der Waals surface area contributed by atoms with Crippen molar-refractivity contribution in [3.05, 3.63) is 48.3 Å². The van der Waals surface area contributed by atoms with Crippen LogP contribution >= 0.6 is 0 Å². The molecule has 2 aromatic carbocycles. The van der Waals surface area contributed by atoms with Gasteiger partial charge in [-0.05, 0) is 48.7 Å². The fourth-order valence-corrected chi connectivity index (χ4v) is 5.13. The Morgan fingerprint density at radius 2 is 1.85 bits per heavy atom. The highest BCUT2D eigenvalue weighted by Crippen LogP contribution is 2.34. The monoisotopic (exact) mass is 456 g/mol. The molecule has 2 fully saturated rings. The lowest BCUT2D eigenvalue weighted by molar-refractivity contribution is -0.137. The summed E-state index contributed by atoms with van der Waals surface area (Å²) in [7, 11) is 1.58. The van der Waals surface area contributed by atoms with Crippen LogP contribution in [-0.4, -0.2) is 50.0 Å². The third kappa shape index (κ3) is 5.34. The van der Waals surface area contributed by atoms with Gasteiger partial charge in [-0.15, -0.1) is 0 Å². The van der Waals surface area contributed by atoms with E-state index in [9.17, 15) is 14.3 Å². The molecule has 2 unspecified atom stereocenters. The Bertz CT molecular complexity index is 967. The summed E-state index contributed by atoms with van der Waals surface area (Å²) >= 11 is 0.